The van der Waals surface area contributed by atoms with Crippen molar-refractivity contribution in [3.8, 4) is 5.75 Å². The van der Waals surface area contributed by atoms with Gasteiger partial charge < -0.3 is 29.9 Å². The molecule has 1 saturated heterocycles. The third-order valence-corrected chi connectivity index (χ3v) is 3.15. The number of aliphatic hydroxyl groups is 4. The molecule has 0 amide bonds. The summed E-state index contributed by atoms with van der Waals surface area (Å²) in [5, 5.41) is 48.6. The van der Waals surface area contributed by atoms with Crippen molar-refractivity contribution in [1.82, 2.24) is 0 Å². The van der Waals surface area contributed by atoms with E-state index in [4.69, 9.17) is 14.6 Å². The summed E-state index contributed by atoms with van der Waals surface area (Å²) in [6, 6.07) is 5.03. The van der Waals surface area contributed by atoms with Gasteiger partial charge in [0, 0.05) is 12.1 Å². The summed E-state index contributed by atoms with van der Waals surface area (Å²) in [5.74, 6) is 0.171. The Kier molecular flexibility index (Phi) is 4.70. The van der Waals surface area contributed by atoms with Crippen LogP contribution >= 0.6 is 0 Å². The largest absolute Gasteiger partial charge is 0.462 e. The van der Waals surface area contributed by atoms with E-state index in [1.165, 1.54) is 24.3 Å². The van der Waals surface area contributed by atoms with Gasteiger partial charge in [-0.1, -0.05) is 0 Å². The number of rotatable bonds is 4. The summed E-state index contributed by atoms with van der Waals surface area (Å²) in [5.41, 5.74) is -0.129. The monoisotopic (exact) mass is 301 g/mol. The van der Waals surface area contributed by atoms with Crippen LogP contribution in [-0.2, 0) is 4.74 Å². The van der Waals surface area contributed by atoms with E-state index >= 15 is 0 Å². The van der Waals surface area contributed by atoms with Crippen LogP contribution in [0.1, 0.15) is 0 Å². The number of nitro benzene ring substituents is 1. The molecule has 0 bridgehead atoms. The van der Waals surface area contributed by atoms with Gasteiger partial charge in [0.2, 0.25) is 6.29 Å². The molecule has 2 rings (SSSR count). The average molecular weight is 301 g/mol. The van der Waals surface area contributed by atoms with Crippen LogP contribution in [0.2, 0.25) is 0 Å². The zero-order valence-corrected chi connectivity index (χ0v) is 10.8. The Morgan fingerprint density at radius 2 is 1.76 bits per heavy atom. The predicted molar refractivity (Wildman–Crippen MR) is 67.5 cm³/mol. The predicted octanol–water partition coefficient (Wildman–Crippen LogP) is -1.23. The summed E-state index contributed by atoms with van der Waals surface area (Å²) >= 11 is 0. The smallest absolute Gasteiger partial charge is 0.269 e. The fourth-order valence-electron chi connectivity index (χ4n) is 1.95. The van der Waals surface area contributed by atoms with Crippen molar-refractivity contribution in [2.75, 3.05) is 6.61 Å². The van der Waals surface area contributed by atoms with Crippen molar-refractivity contribution >= 4 is 5.69 Å². The molecule has 1 unspecified atom stereocenters. The molecule has 5 atom stereocenters. The van der Waals surface area contributed by atoms with E-state index in [0.29, 0.717) is 0 Å². The number of benzene rings is 1. The first-order valence-corrected chi connectivity index (χ1v) is 6.15. The molecule has 0 spiro atoms. The molecule has 0 aliphatic carbocycles. The average Bonchev–Trinajstić information content (AvgIpc) is 2.48. The molecule has 1 fully saturated rings. The summed E-state index contributed by atoms with van der Waals surface area (Å²) < 4.78 is 10.4. The molecule has 21 heavy (non-hydrogen) atoms. The SMILES string of the molecule is O=[N+]([O-])c1ccc(O[C@@H]2OC(CO)[C@H](O)[C@H](O)[C@@H]2O)cc1. The maximum absolute atomic E-state index is 10.5. The molecule has 116 valence electrons. The first kappa shape index (κ1) is 15.6. The van der Waals surface area contributed by atoms with Crippen molar-refractivity contribution in [2.45, 2.75) is 30.7 Å². The molecule has 1 aliphatic heterocycles. The summed E-state index contributed by atoms with van der Waals surface area (Å²) in [6.07, 6.45) is -6.94. The molecular formula is C12H15NO8. The lowest BCUT2D eigenvalue weighted by molar-refractivity contribution is -0.384. The summed E-state index contributed by atoms with van der Waals surface area (Å²) in [6.45, 7) is -0.564. The molecule has 0 radical (unpaired) electrons. The van der Waals surface area contributed by atoms with Gasteiger partial charge in [-0.05, 0) is 12.1 Å². The van der Waals surface area contributed by atoms with E-state index in [0.717, 1.165) is 0 Å². The summed E-state index contributed by atoms with van der Waals surface area (Å²) in [4.78, 5) is 9.95. The van der Waals surface area contributed by atoms with Crippen LogP contribution in [0.4, 0.5) is 5.69 Å². The number of aliphatic hydroxyl groups excluding tert-OH is 4. The van der Waals surface area contributed by atoms with E-state index in [1.54, 1.807) is 0 Å². The number of nitro groups is 1. The second-order valence-corrected chi connectivity index (χ2v) is 4.57. The third kappa shape index (κ3) is 3.28. The Morgan fingerprint density at radius 1 is 1.14 bits per heavy atom. The molecule has 1 aromatic carbocycles. The van der Waals surface area contributed by atoms with Gasteiger partial charge in [-0.15, -0.1) is 0 Å². The van der Waals surface area contributed by atoms with Gasteiger partial charge in [0.25, 0.3) is 5.69 Å². The van der Waals surface area contributed by atoms with E-state index < -0.39 is 42.2 Å². The quantitative estimate of drug-likeness (QED) is 0.400. The normalized spacial score (nSPS) is 32.7. The lowest BCUT2D eigenvalue weighted by atomic mass is 9.99. The molecule has 1 heterocycles. The molecule has 4 N–H and O–H groups in total. The standard InChI is InChI=1S/C12H15NO8/c14-5-8-9(15)10(16)11(17)12(21-8)20-7-3-1-6(2-4-7)13(18)19/h1-4,8-12,14-17H,5H2/t8?,9-,10-,11-,12+/m0/s1. The molecule has 1 aromatic rings. The van der Waals surface area contributed by atoms with Crippen LogP contribution in [0.15, 0.2) is 24.3 Å². The molecule has 0 aromatic heterocycles. The first-order chi connectivity index (χ1) is 9.93. The Labute approximate surface area is 119 Å². The van der Waals surface area contributed by atoms with Crippen LogP contribution in [0, 0.1) is 10.1 Å². The van der Waals surface area contributed by atoms with Crippen molar-refractivity contribution < 1.29 is 34.8 Å². The number of nitrogens with zero attached hydrogens (tertiary/aromatic N) is 1. The number of hydrogen-bond donors (Lipinski definition) is 4. The second kappa shape index (κ2) is 6.33. The van der Waals surface area contributed by atoms with Gasteiger partial charge in [-0.3, -0.25) is 10.1 Å². The maximum Gasteiger partial charge on any atom is 0.269 e. The zero-order valence-electron chi connectivity index (χ0n) is 10.8. The van der Waals surface area contributed by atoms with Crippen molar-refractivity contribution in [3.05, 3.63) is 34.4 Å². The fraction of sp³-hybridized carbons (Fsp3) is 0.500. The number of hydrogen-bond acceptors (Lipinski definition) is 8. The Bertz CT molecular complexity index is 491. The van der Waals surface area contributed by atoms with E-state index in [2.05, 4.69) is 0 Å². The highest BCUT2D eigenvalue weighted by molar-refractivity contribution is 5.36. The van der Waals surface area contributed by atoms with Crippen LogP contribution in [0.25, 0.3) is 0 Å². The van der Waals surface area contributed by atoms with Gasteiger partial charge in [0.05, 0.1) is 11.5 Å². The first-order valence-electron chi connectivity index (χ1n) is 6.15. The van der Waals surface area contributed by atoms with E-state index in [1.807, 2.05) is 0 Å². The third-order valence-electron chi connectivity index (χ3n) is 3.15. The van der Waals surface area contributed by atoms with Gasteiger partial charge in [0.1, 0.15) is 30.2 Å². The minimum absolute atomic E-state index is 0.129. The molecular weight excluding hydrogens is 286 g/mol. The van der Waals surface area contributed by atoms with Crippen LogP contribution in [-0.4, -0.2) is 62.7 Å². The minimum Gasteiger partial charge on any atom is -0.462 e. The molecule has 1 aliphatic rings. The Hall–Kier alpha value is -1.78. The van der Waals surface area contributed by atoms with Crippen LogP contribution in [0.3, 0.4) is 0 Å². The topological polar surface area (TPSA) is 143 Å². The zero-order chi connectivity index (χ0) is 15.6. The molecule has 9 heteroatoms. The second-order valence-electron chi connectivity index (χ2n) is 4.57. The lowest BCUT2D eigenvalue weighted by Gasteiger charge is -2.39. The van der Waals surface area contributed by atoms with Gasteiger partial charge in [0.15, 0.2) is 0 Å². The van der Waals surface area contributed by atoms with Gasteiger partial charge in [-0.25, -0.2) is 0 Å². The number of ether oxygens (including phenoxy) is 2. The number of non-ortho nitro benzene ring substituents is 1. The highest BCUT2D eigenvalue weighted by Crippen LogP contribution is 2.25. The molecule has 9 nitrogen and oxygen atoms in total. The maximum atomic E-state index is 10.5. The van der Waals surface area contributed by atoms with Crippen molar-refractivity contribution in [1.29, 1.82) is 0 Å². The minimum atomic E-state index is -1.54. The van der Waals surface area contributed by atoms with E-state index in [-0.39, 0.29) is 11.4 Å². The van der Waals surface area contributed by atoms with Crippen molar-refractivity contribution in [2.24, 2.45) is 0 Å². The van der Waals surface area contributed by atoms with Crippen LogP contribution in [0.5, 0.6) is 5.75 Å². The highest BCUT2D eigenvalue weighted by atomic mass is 16.7. The highest BCUT2D eigenvalue weighted by Gasteiger charge is 2.44. The Morgan fingerprint density at radius 3 is 2.29 bits per heavy atom. The van der Waals surface area contributed by atoms with Crippen molar-refractivity contribution in [3.63, 3.8) is 0 Å². The van der Waals surface area contributed by atoms with Crippen LogP contribution < -0.4 is 4.74 Å². The van der Waals surface area contributed by atoms with Gasteiger partial charge in [-0.2, -0.15) is 0 Å². The molecule has 0 saturated carbocycles. The van der Waals surface area contributed by atoms with Gasteiger partial charge >= 0.3 is 0 Å². The lowest BCUT2D eigenvalue weighted by Crippen LogP contribution is -2.60. The summed E-state index contributed by atoms with van der Waals surface area (Å²) in [7, 11) is 0. The Balaban J connectivity index is 2.08. The van der Waals surface area contributed by atoms with E-state index in [9.17, 15) is 25.4 Å². The fourth-order valence-corrected chi connectivity index (χ4v) is 1.95.